The van der Waals surface area contributed by atoms with Gasteiger partial charge >= 0.3 is 0 Å². The monoisotopic (exact) mass is 402 g/mol. The number of nitrogens with zero attached hydrogens (tertiary/aromatic N) is 6. The van der Waals surface area contributed by atoms with Crippen molar-refractivity contribution in [1.29, 1.82) is 0 Å². The highest BCUT2D eigenvalue weighted by Crippen LogP contribution is 2.30. The normalized spacial score (nSPS) is 14.5. The Balaban J connectivity index is 1.50. The summed E-state index contributed by atoms with van der Waals surface area (Å²) in [4.78, 5) is 13.9. The number of benzene rings is 1. The summed E-state index contributed by atoms with van der Waals surface area (Å²) in [5.41, 5.74) is 4.50. The molecule has 1 aliphatic heterocycles. The van der Waals surface area contributed by atoms with Crippen molar-refractivity contribution in [3.63, 3.8) is 0 Å². The Morgan fingerprint density at radius 2 is 1.63 bits per heavy atom. The highest BCUT2D eigenvalue weighted by atomic mass is 19.1. The van der Waals surface area contributed by atoms with Crippen LogP contribution in [0.4, 0.5) is 16.0 Å². The van der Waals surface area contributed by atoms with Crippen LogP contribution in [0, 0.1) is 19.7 Å². The standard InChI is InChI=1S/C23H23FN6/c1-16-15-21(29-13-11-28(12-14-29)20-5-3-4-10-25-20)30-23(26-16)22(17(2)27-30)18-6-8-19(24)9-7-18/h3-10,15H,11-14H2,1-2H3. The van der Waals surface area contributed by atoms with Crippen molar-refractivity contribution in [2.24, 2.45) is 0 Å². The highest BCUT2D eigenvalue weighted by Gasteiger charge is 2.23. The molecule has 3 aromatic heterocycles. The second kappa shape index (κ2) is 7.40. The molecule has 6 nitrogen and oxygen atoms in total. The molecule has 0 atom stereocenters. The van der Waals surface area contributed by atoms with Gasteiger partial charge in [-0.25, -0.2) is 14.4 Å². The third-order valence-corrected chi connectivity index (χ3v) is 5.58. The van der Waals surface area contributed by atoms with E-state index >= 15 is 0 Å². The van der Waals surface area contributed by atoms with Crippen LogP contribution in [0.5, 0.6) is 0 Å². The van der Waals surface area contributed by atoms with Gasteiger partial charge < -0.3 is 9.80 Å². The van der Waals surface area contributed by atoms with Crippen molar-refractivity contribution in [3.05, 3.63) is 71.9 Å². The van der Waals surface area contributed by atoms with Gasteiger partial charge in [0.25, 0.3) is 0 Å². The van der Waals surface area contributed by atoms with Gasteiger partial charge in [-0.3, -0.25) is 0 Å². The first-order valence-corrected chi connectivity index (χ1v) is 10.1. The van der Waals surface area contributed by atoms with Gasteiger partial charge in [0.05, 0.1) is 5.69 Å². The van der Waals surface area contributed by atoms with Gasteiger partial charge in [0.2, 0.25) is 0 Å². The number of anilines is 2. The third-order valence-electron chi connectivity index (χ3n) is 5.58. The van der Waals surface area contributed by atoms with Crippen LogP contribution in [0.1, 0.15) is 11.4 Å². The van der Waals surface area contributed by atoms with Gasteiger partial charge in [0.15, 0.2) is 5.65 Å². The van der Waals surface area contributed by atoms with E-state index in [1.165, 1.54) is 12.1 Å². The number of aryl methyl sites for hydroxylation is 2. The zero-order valence-electron chi connectivity index (χ0n) is 17.1. The summed E-state index contributed by atoms with van der Waals surface area (Å²) >= 11 is 0. The lowest BCUT2D eigenvalue weighted by Crippen LogP contribution is -2.47. The van der Waals surface area contributed by atoms with Crippen LogP contribution in [0.2, 0.25) is 0 Å². The number of piperazine rings is 1. The van der Waals surface area contributed by atoms with Gasteiger partial charge in [0, 0.05) is 49.7 Å². The number of hydrogen-bond donors (Lipinski definition) is 0. The molecule has 0 N–H and O–H groups in total. The average molecular weight is 402 g/mol. The van der Waals surface area contributed by atoms with Crippen LogP contribution in [-0.4, -0.2) is 45.8 Å². The minimum absolute atomic E-state index is 0.247. The lowest BCUT2D eigenvalue weighted by Gasteiger charge is -2.36. The van der Waals surface area contributed by atoms with Crippen LogP contribution >= 0.6 is 0 Å². The van der Waals surface area contributed by atoms with Crippen molar-refractivity contribution >= 4 is 17.3 Å². The first-order chi connectivity index (χ1) is 14.6. The van der Waals surface area contributed by atoms with E-state index in [1.807, 2.05) is 36.7 Å². The number of hydrogen-bond acceptors (Lipinski definition) is 5. The highest BCUT2D eigenvalue weighted by molar-refractivity contribution is 5.81. The van der Waals surface area contributed by atoms with E-state index in [-0.39, 0.29) is 5.82 Å². The molecule has 7 heteroatoms. The lowest BCUT2D eigenvalue weighted by atomic mass is 10.1. The zero-order valence-corrected chi connectivity index (χ0v) is 17.1. The quantitative estimate of drug-likeness (QED) is 0.521. The topological polar surface area (TPSA) is 49.6 Å². The van der Waals surface area contributed by atoms with Crippen molar-refractivity contribution < 1.29 is 4.39 Å². The summed E-state index contributed by atoms with van der Waals surface area (Å²) in [6, 6.07) is 14.6. The second-order valence-electron chi connectivity index (χ2n) is 7.62. The SMILES string of the molecule is Cc1cc(N2CCN(c3ccccn3)CC2)n2nc(C)c(-c3ccc(F)cc3)c2n1. The van der Waals surface area contributed by atoms with E-state index in [0.29, 0.717) is 0 Å². The van der Waals surface area contributed by atoms with Gasteiger partial charge in [-0.1, -0.05) is 18.2 Å². The van der Waals surface area contributed by atoms with Gasteiger partial charge in [-0.2, -0.15) is 9.61 Å². The van der Waals surface area contributed by atoms with E-state index in [4.69, 9.17) is 10.1 Å². The van der Waals surface area contributed by atoms with Crippen molar-refractivity contribution in [3.8, 4) is 11.1 Å². The molecule has 0 amide bonds. The maximum absolute atomic E-state index is 13.4. The number of fused-ring (bicyclic) bond motifs is 1. The predicted octanol–water partition coefficient (Wildman–Crippen LogP) is 3.87. The molecule has 4 heterocycles. The molecule has 30 heavy (non-hydrogen) atoms. The van der Waals surface area contributed by atoms with Crippen molar-refractivity contribution in [2.45, 2.75) is 13.8 Å². The third kappa shape index (κ3) is 3.26. The molecule has 1 fully saturated rings. The molecule has 0 saturated carbocycles. The molecule has 1 aromatic carbocycles. The van der Waals surface area contributed by atoms with Crippen LogP contribution in [0.15, 0.2) is 54.7 Å². The fourth-order valence-corrected chi connectivity index (χ4v) is 4.11. The van der Waals surface area contributed by atoms with E-state index in [2.05, 4.69) is 26.9 Å². The van der Waals surface area contributed by atoms with Gasteiger partial charge in [0.1, 0.15) is 17.5 Å². The van der Waals surface area contributed by atoms with E-state index in [1.54, 1.807) is 12.1 Å². The van der Waals surface area contributed by atoms with Crippen molar-refractivity contribution in [1.82, 2.24) is 19.6 Å². The minimum atomic E-state index is -0.247. The molecule has 152 valence electrons. The fourth-order valence-electron chi connectivity index (χ4n) is 4.11. The molecule has 1 saturated heterocycles. The van der Waals surface area contributed by atoms with Crippen LogP contribution in [0.3, 0.4) is 0 Å². The molecule has 0 radical (unpaired) electrons. The minimum Gasteiger partial charge on any atom is -0.353 e. The molecule has 0 spiro atoms. The first-order valence-electron chi connectivity index (χ1n) is 10.1. The van der Waals surface area contributed by atoms with E-state index in [0.717, 1.165) is 66.0 Å². The number of rotatable bonds is 3. The predicted molar refractivity (Wildman–Crippen MR) is 117 cm³/mol. The number of pyridine rings is 1. The molecule has 0 unspecified atom stereocenters. The Morgan fingerprint density at radius 3 is 2.33 bits per heavy atom. The van der Waals surface area contributed by atoms with E-state index < -0.39 is 0 Å². The smallest absolute Gasteiger partial charge is 0.165 e. The summed E-state index contributed by atoms with van der Waals surface area (Å²) in [6.07, 6.45) is 1.83. The van der Waals surface area contributed by atoms with Crippen LogP contribution in [0.25, 0.3) is 16.8 Å². The molecular weight excluding hydrogens is 379 g/mol. The Bertz CT molecular complexity index is 1180. The number of halogens is 1. The average Bonchev–Trinajstić information content (AvgIpc) is 3.10. The Hall–Kier alpha value is -3.48. The van der Waals surface area contributed by atoms with Crippen molar-refractivity contribution in [2.75, 3.05) is 36.0 Å². The summed E-state index contributed by atoms with van der Waals surface area (Å²) < 4.78 is 15.3. The lowest BCUT2D eigenvalue weighted by molar-refractivity contribution is 0.628. The summed E-state index contributed by atoms with van der Waals surface area (Å²) in [5, 5.41) is 4.80. The summed E-state index contributed by atoms with van der Waals surface area (Å²) in [7, 11) is 0. The van der Waals surface area contributed by atoms with Crippen LogP contribution in [-0.2, 0) is 0 Å². The molecule has 5 rings (SSSR count). The largest absolute Gasteiger partial charge is 0.353 e. The Morgan fingerprint density at radius 1 is 0.900 bits per heavy atom. The maximum Gasteiger partial charge on any atom is 0.165 e. The molecule has 0 aliphatic carbocycles. The van der Waals surface area contributed by atoms with Gasteiger partial charge in [-0.15, -0.1) is 0 Å². The van der Waals surface area contributed by atoms with Gasteiger partial charge in [-0.05, 0) is 43.7 Å². The zero-order chi connectivity index (χ0) is 20.7. The molecule has 4 aromatic rings. The molecular formula is C23H23FN6. The maximum atomic E-state index is 13.4. The molecule has 0 bridgehead atoms. The van der Waals surface area contributed by atoms with Crippen LogP contribution < -0.4 is 9.80 Å². The fraction of sp³-hybridized carbons (Fsp3) is 0.261. The summed E-state index contributed by atoms with van der Waals surface area (Å²) in [5.74, 6) is 1.81. The Kier molecular flexibility index (Phi) is 4.58. The number of aromatic nitrogens is 4. The first kappa shape index (κ1) is 18.5. The molecule has 1 aliphatic rings. The Labute approximate surface area is 174 Å². The second-order valence-corrected chi connectivity index (χ2v) is 7.62. The van der Waals surface area contributed by atoms with E-state index in [9.17, 15) is 4.39 Å². The summed E-state index contributed by atoms with van der Waals surface area (Å²) in [6.45, 7) is 7.52.